The van der Waals surface area contributed by atoms with Gasteiger partial charge in [0.15, 0.2) is 36.2 Å². The molecule has 0 radical (unpaired) electrons. The van der Waals surface area contributed by atoms with Gasteiger partial charge in [-0.1, -0.05) is 0 Å². The summed E-state index contributed by atoms with van der Waals surface area (Å²) in [5.41, 5.74) is -1.10. The van der Waals surface area contributed by atoms with Gasteiger partial charge in [-0.05, 0) is 27.1 Å². The fourth-order valence-electron chi connectivity index (χ4n) is 5.89. The zero-order chi connectivity index (χ0) is 43.0. The second-order valence-electron chi connectivity index (χ2n) is 13.3. The van der Waals surface area contributed by atoms with Crippen LogP contribution in [0.2, 0.25) is 0 Å². The number of hydrogen-bond acceptors (Lipinski definition) is 17. The minimum Gasteiger partial charge on any atom is -0.463 e. The van der Waals surface area contributed by atoms with E-state index in [4.69, 9.17) is 23.7 Å². The number of nitrogens with zero attached hydrogens (tertiary/aromatic N) is 7. The van der Waals surface area contributed by atoms with Crippen LogP contribution in [0.15, 0.2) is 24.7 Å². The van der Waals surface area contributed by atoms with Gasteiger partial charge in [-0.15, -0.1) is 0 Å². The highest BCUT2D eigenvalue weighted by Crippen LogP contribution is 2.37. The molecule has 5 atom stereocenters. The number of rotatable bonds is 16. The van der Waals surface area contributed by atoms with Gasteiger partial charge < -0.3 is 58.2 Å². The van der Waals surface area contributed by atoms with Crippen molar-refractivity contribution in [3.05, 3.63) is 52.1 Å². The third-order valence-electron chi connectivity index (χ3n) is 8.23. The molecule has 0 unspecified atom stereocenters. The summed E-state index contributed by atoms with van der Waals surface area (Å²) >= 11 is 0. The molecule has 0 spiro atoms. The van der Waals surface area contributed by atoms with Crippen LogP contribution in [0.3, 0.4) is 0 Å². The van der Waals surface area contributed by atoms with Crippen molar-refractivity contribution in [3.63, 3.8) is 0 Å². The molecular weight excluding hydrogens is 772 g/mol. The van der Waals surface area contributed by atoms with E-state index in [-0.39, 0.29) is 23.3 Å². The lowest BCUT2D eigenvalue weighted by Gasteiger charge is -2.44. The fourth-order valence-corrected chi connectivity index (χ4v) is 5.89. The van der Waals surface area contributed by atoms with Crippen LogP contribution in [0, 0.1) is 10.1 Å². The van der Waals surface area contributed by atoms with Crippen molar-refractivity contribution in [1.82, 2.24) is 33.9 Å². The summed E-state index contributed by atoms with van der Waals surface area (Å²) in [6.07, 6.45) is -3.72. The van der Waals surface area contributed by atoms with Gasteiger partial charge in [0.2, 0.25) is 11.6 Å². The molecule has 3 aromatic heterocycles. The van der Waals surface area contributed by atoms with Crippen LogP contribution in [-0.2, 0) is 57.0 Å². The summed E-state index contributed by atoms with van der Waals surface area (Å²) in [7, 11) is 6.86. The molecule has 58 heavy (non-hydrogen) atoms. The number of aromatic nitrogens is 5. The lowest BCUT2D eigenvalue weighted by molar-refractivity contribution is -0.385. The van der Waals surface area contributed by atoms with Crippen LogP contribution in [0.5, 0.6) is 0 Å². The summed E-state index contributed by atoms with van der Waals surface area (Å²) < 4.78 is 31.1. The number of hydrogen-bond donors (Lipinski definition) is 3. The monoisotopic (exact) mass is 816 g/mol. The summed E-state index contributed by atoms with van der Waals surface area (Å²) in [5.74, 6) is -6.07. The number of carbonyl (C=O) groups is 7. The molecule has 3 N–H and O–H groups in total. The van der Waals surface area contributed by atoms with Crippen molar-refractivity contribution in [1.29, 1.82) is 0 Å². The Bertz CT molecular complexity index is 2070. The van der Waals surface area contributed by atoms with Crippen LogP contribution >= 0.6 is 0 Å². The first-order valence-corrected chi connectivity index (χ1v) is 17.5. The Kier molecular flexibility index (Phi) is 14.4. The SMILES string of the molecule is CC(=O)OC[C@H]1O[C@H](n2cc([N+](=O)[O-])cc2C(=O)Nc2cn(C)c(C(=O)Nc3cn(C)c(C(=O)NCCCN(C)C)n3)n2)[C@H](OC(C)=O)[C@H](OC(C)=O)[C@@H]1OC(C)=O. The molecule has 1 aliphatic heterocycles. The Morgan fingerprint density at radius 3 is 1.86 bits per heavy atom. The molecule has 0 saturated carbocycles. The van der Waals surface area contributed by atoms with Gasteiger partial charge in [-0.25, -0.2) is 9.97 Å². The fraction of sp³-hybridized carbons (Fsp3) is 0.500. The van der Waals surface area contributed by atoms with E-state index in [1.165, 1.54) is 28.6 Å². The van der Waals surface area contributed by atoms with Gasteiger partial charge in [0.1, 0.15) is 18.4 Å². The first-order valence-electron chi connectivity index (χ1n) is 17.5. The van der Waals surface area contributed by atoms with Crippen LogP contribution in [0.1, 0.15) is 72.1 Å². The highest BCUT2D eigenvalue weighted by Gasteiger charge is 2.53. The topological polar surface area (TPSA) is 289 Å². The van der Waals surface area contributed by atoms with Crippen molar-refractivity contribution in [2.75, 3.05) is 44.4 Å². The Morgan fingerprint density at radius 1 is 0.793 bits per heavy atom. The molecule has 1 fully saturated rings. The lowest BCUT2D eigenvalue weighted by Crippen LogP contribution is -2.60. The Labute approximate surface area is 330 Å². The van der Waals surface area contributed by atoms with Gasteiger partial charge in [0.25, 0.3) is 23.4 Å². The second kappa shape index (κ2) is 19.0. The predicted octanol–water partition coefficient (Wildman–Crippen LogP) is 0.305. The van der Waals surface area contributed by atoms with Gasteiger partial charge in [-0.2, -0.15) is 0 Å². The minimum atomic E-state index is -1.71. The van der Waals surface area contributed by atoms with E-state index < -0.39 is 95.2 Å². The zero-order valence-corrected chi connectivity index (χ0v) is 32.9. The maximum atomic E-state index is 13.9. The number of carbonyl (C=O) groups excluding carboxylic acids is 7. The number of ether oxygens (including phenoxy) is 5. The molecule has 4 heterocycles. The third-order valence-corrected chi connectivity index (χ3v) is 8.23. The molecule has 3 amide bonds. The molecule has 24 heteroatoms. The van der Waals surface area contributed by atoms with Crippen LogP contribution < -0.4 is 16.0 Å². The molecule has 314 valence electrons. The van der Waals surface area contributed by atoms with E-state index in [1.54, 1.807) is 7.05 Å². The average molecular weight is 817 g/mol. The molecule has 4 rings (SSSR count). The average Bonchev–Trinajstić information content (AvgIpc) is 3.83. The molecule has 1 saturated heterocycles. The van der Waals surface area contributed by atoms with Gasteiger partial charge in [-0.3, -0.25) is 43.7 Å². The Morgan fingerprint density at radius 2 is 1.33 bits per heavy atom. The molecule has 0 bridgehead atoms. The minimum absolute atomic E-state index is 0.0366. The normalized spacial score (nSPS) is 18.8. The van der Waals surface area contributed by atoms with Crippen molar-refractivity contribution in [2.45, 2.75) is 64.8 Å². The van der Waals surface area contributed by atoms with E-state index in [1.807, 2.05) is 19.0 Å². The van der Waals surface area contributed by atoms with E-state index in [2.05, 4.69) is 25.9 Å². The molecule has 1 aliphatic rings. The van der Waals surface area contributed by atoms with Gasteiger partial charge in [0, 0.05) is 66.8 Å². The first kappa shape index (κ1) is 44.0. The van der Waals surface area contributed by atoms with Crippen molar-refractivity contribution >= 4 is 58.9 Å². The van der Waals surface area contributed by atoms with E-state index in [9.17, 15) is 43.7 Å². The predicted molar refractivity (Wildman–Crippen MR) is 196 cm³/mol. The smallest absolute Gasteiger partial charge is 0.303 e. The Balaban J connectivity index is 1.63. The van der Waals surface area contributed by atoms with Crippen molar-refractivity contribution in [2.24, 2.45) is 14.1 Å². The van der Waals surface area contributed by atoms with Crippen LogP contribution in [0.25, 0.3) is 0 Å². The molecule has 24 nitrogen and oxygen atoms in total. The number of esters is 4. The largest absolute Gasteiger partial charge is 0.463 e. The quantitative estimate of drug-likeness (QED) is 0.0576. The zero-order valence-electron chi connectivity index (χ0n) is 32.9. The lowest BCUT2D eigenvalue weighted by atomic mass is 9.97. The van der Waals surface area contributed by atoms with Crippen LogP contribution in [-0.4, -0.2) is 133 Å². The Hall–Kier alpha value is -6.69. The van der Waals surface area contributed by atoms with E-state index in [0.29, 0.717) is 13.0 Å². The summed E-state index contributed by atoms with van der Waals surface area (Å²) in [4.78, 5) is 110. The maximum Gasteiger partial charge on any atom is 0.303 e. The number of aryl methyl sites for hydroxylation is 2. The first-order chi connectivity index (χ1) is 27.2. The second-order valence-corrected chi connectivity index (χ2v) is 13.3. The van der Waals surface area contributed by atoms with E-state index >= 15 is 0 Å². The molecular formula is C34H44N10O14. The molecule has 3 aromatic rings. The van der Waals surface area contributed by atoms with Crippen molar-refractivity contribution in [3.8, 4) is 0 Å². The van der Waals surface area contributed by atoms with Crippen molar-refractivity contribution < 1.29 is 62.2 Å². The highest BCUT2D eigenvalue weighted by molar-refractivity contribution is 6.05. The highest BCUT2D eigenvalue weighted by atomic mass is 16.7. The van der Waals surface area contributed by atoms with E-state index in [0.717, 1.165) is 51.1 Å². The standard InChI is InChI=1S/C34H44N10O14/c1-17(45)54-16-23-26(55-18(2)46)27(56-19(3)47)28(57-20(4)48)34(58-23)43-13-21(44(52)53)12-22(43)31(49)38-24-14-42(8)30(37-24)33(51)39-25-15-41(7)29(36-25)32(50)35-10-9-11-40(5)6/h12-15,23,26-28,34H,9-11,16H2,1-8H3,(H,35,50)(H,38,49)(H,39,51)/t23-,26-,27-,28-,34+/m1/s1. The maximum absolute atomic E-state index is 13.9. The number of nitrogens with one attached hydrogen (secondary N) is 3. The number of amides is 3. The number of imidazole rings is 2. The van der Waals surface area contributed by atoms with Gasteiger partial charge >= 0.3 is 23.9 Å². The number of anilines is 2. The summed E-state index contributed by atoms with van der Waals surface area (Å²) in [5, 5.41) is 19.8. The third kappa shape index (κ3) is 11.2. The summed E-state index contributed by atoms with van der Waals surface area (Å²) in [6.45, 7) is 4.73. The van der Waals surface area contributed by atoms with Crippen LogP contribution in [0.4, 0.5) is 17.3 Å². The number of nitro groups is 1. The molecule has 0 aromatic carbocycles. The van der Waals surface area contributed by atoms with Gasteiger partial charge in [0.05, 0.1) is 11.1 Å². The molecule has 0 aliphatic carbocycles. The summed E-state index contributed by atoms with van der Waals surface area (Å²) in [6, 6.07) is 0.872.